The van der Waals surface area contributed by atoms with E-state index in [9.17, 15) is 43.2 Å². The van der Waals surface area contributed by atoms with Gasteiger partial charge < -0.3 is 30.5 Å². The van der Waals surface area contributed by atoms with Crippen molar-refractivity contribution in [3.8, 4) is 5.75 Å². The quantitative estimate of drug-likeness (QED) is 0.104. The minimum atomic E-state index is -1.04. The summed E-state index contributed by atoms with van der Waals surface area (Å²) in [5.41, 5.74) is -0.172. The first-order valence-electron chi connectivity index (χ1n) is 23.9. The van der Waals surface area contributed by atoms with Crippen LogP contribution in [-0.2, 0) is 33.6 Å². The van der Waals surface area contributed by atoms with Gasteiger partial charge >= 0.3 is 6.09 Å². The summed E-state index contributed by atoms with van der Waals surface area (Å²) in [5.74, 6) is -7.37. The fourth-order valence-corrected chi connectivity index (χ4v) is 9.11. The summed E-state index contributed by atoms with van der Waals surface area (Å²) in [4.78, 5) is 134. The number of hydrogen-bond acceptors (Lipinski definition) is 12. The molecule has 1 aromatic heterocycles. The summed E-state index contributed by atoms with van der Waals surface area (Å²) in [6.07, 6.45) is 6.86. The maximum atomic E-state index is 14.6. The SMILES string of the molecule is CCCC(CC(=O)[C@@H]1CN(C(=O)Oc2ccccc2)C[C@@H]1NC(=O)[C@@H](CC(=O)[C@@H](NC(=O)c1cnccn1)C1CCCCC1)C(C)(C)C)C(=O)C(=O)CCC(=O)N[C@H](C(=O)N(C)C)c1ccccc1. The first-order chi connectivity index (χ1) is 32.9. The molecule has 2 fully saturated rings. The predicted molar refractivity (Wildman–Crippen MR) is 255 cm³/mol. The summed E-state index contributed by atoms with van der Waals surface area (Å²) in [7, 11) is 3.12. The minimum absolute atomic E-state index is 0.0604. The van der Waals surface area contributed by atoms with E-state index in [0.717, 1.165) is 32.1 Å². The number of carbonyl (C=O) groups is 9. The third-order valence-corrected chi connectivity index (χ3v) is 13.0. The number of nitrogens with zero attached hydrogens (tertiary/aromatic N) is 4. The van der Waals surface area contributed by atoms with Gasteiger partial charge in [0.05, 0.1) is 24.2 Å². The number of rotatable bonds is 22. The molecule has 1 aliphatic carbocycles. The van der Waals surface area contributed by atoms with Crippen LogP contribution in [0.15, 0.2) is 79.3 Å². The average molecular weight is 950 g/mol. The molecule has 17 nitrogen and oxygen atoms in total. The van der Waals surface area contributed by atoms with E-state index in [-0.39, 0.29) is 67.8 Å². The predicted octanol–water partition coefficient (Wildman–Crippen LogP) is 5.63. The zero-order chi connectivity index (χ0) is 50.3. The van der Waals surface area contributed by atoms with Crippen molar-refractivity contribution in [2.45, 2.75) is 116 Å². The summed E-state index contributed by atoms with van der Waals surface area (Å²) in [5, 5.41) is 8.58. The van der Waals surface area contributed by atoms with Crippen molar-refractivity contribution in [1.82, 2.24) is 35.7 Å². The third-order valence-electron chi connectivity index (χ3n) is 13.0. The monoisotopic (exact) mass is 949 g/mol. The van der Waals surface area contributed by atoms with Crippen LogP contribution in [0.25, 0.3) is 0 Å². The topological polar surface area (TPSA) is 231 Å². The average Bonchev–Trinajstić information content (AvgIpc) is 3.77. The van der Waals surface area contributed by atoms with Gasteiger partial charge in [0.2, 0.25) is 23.5 Å². The highest BCUT2D eigenvalue weighted by Crippen LogP contribution is 2.34. The number of likely N-dealkylation sites (N-methyl/N-ethyl adjacent to an activating group) is 1. The Kier molecular flexibility index (Phi) is 19.4. The van der Waals surface area contributed by atoms with Gasteiger partial charge in [-0.1, -0.05) is 102 Å². The standard InChI is InChI=1S/C52H67N7O10/c1-7-17-35(47(64)41(60)24-25-44(63)56-46(50(67)58(5)6)34-20-13-9-14-21-34)28-42(61)37-31-59(51(68)69-36-22-15-10-16-23-36)32-40(37)55-48(65)38(52(2,3)4)29-43(62)45(33-18-11-8-12-19-33)57-49(66)39-30-53-26-27-54-39/h9-10,13-16,20-23,26-27,30,33,35,37-38,40,45-46H,7-8,11-12,17-19,24-25,28-29,31-32H2,1-6H3,(H,55,65)(H,56,63)(H,57,66)/t35?,37-,38-,40+,45+,46+/m1/s1. The number of aromatic nitrogens is 2. The van der Waals surface area contributed by atoms with Gasteiger partial charge in [-0.15, -0.1) is 0 Å². The zero-order valence-electron chi connectivity index (χ0n) is 40.6. The van der Waals surface area contributed by atoms with Crippen molar-refractivity contribution >= 4 is 52.9 Å². The largest absolute Gasteiger partial charge is 0.415 e. The van der Waals surface area contributed by atoms with Gasteiger partial charge in [0.15, 0.2) is 11.6 Å². The molecule has 6 atom stereocenters. The fraction of sp³-hybridized carbons (Fsp3) is 0.519. The third kappa shape index (κ3) is 15.2. The minimum Gasteiger partial charge on any atom is -0.410 e. The van der Waals surface area contributed by atoms with Crippen LogP contribution < -0.4 is 20.7 Å². The van der Waals surface area contributed by atoms with E-state index in [1.165, 1.54) is 28.4 Å². The maximum absolute atomic E-state index is 14.6. The second-order valence-corrected chi connectivity index (χ2v) is 19.4. The van der Waals surface area contributed by atoms with Crippen LogP contribution in [-0.4, -0.2) is 112 Å². The van der Waals surface area contributed by atoms with Crippen LogP contribution in [0.3, 0.4) is 0 Å². The molecule has 2 aromatic carbocycles. The molecular weight excluding hydrogens is 883 g/mol. The number of likely N-dealkylation sites (tertiary alicyclic amines) is 1. The normalized spacial score (nSPS) is 17.9. The number of amides is 5. The van der Waals surface area contributed by atoms with Crippen LogP contribution in [0.5, 0.6) is 5.75 Å². The highest BCUT2D eigenvalue weighted by molar-refractivity contribution is 6.38. The summed E-state index contributed by atoms with van der Waals surface area (Å²) >= 11 is 0. The van der Waals surface area contributed by atoms with E-state index in [2.05, 4.69) is 25.9 Å². The second kappa shape index (κ2) is 25.1. The number of ketones is 4. The van der Waals surface area contributed by atoms with E-state index < -0.39 is 88.9 Å². The lowest BCUT2D eigenvalue weighted by Crippen LogP contribution is -2.51. The van der Waals surface area contributed by atoms with Crippen molar-refractivity contribution in [2.24, 2.45) is 29.1 Å². The van der Waals surface area contributed by atoms with Gasteiger partial charge in [0.1, 0.15) is 23.3 Å². The molecule has 1 saturated heterocycles. The van der Waals surface area contributed by atoms with Crippen LogP contribution >= 0.6 is 0 Å². The molecule has 370 valence electrons. The molecule has 3 N–H and O–H groups in total. The lowest BCUT2D eigenvalue weighted by atomic mass is 9.74. The molecule has 0 bridgehead atoms. The first-order valence-corrected chi connectivity index (χ1v) is 23.9. The Morgan fingerprint density at radius 1 is 0.826 bits per heavy atom. The smallest absolute Gasteiger partial charge is 0.410 e. The number of hydrogen-bond donors (Lipinski definition) is 3. The molecule has 1 aliphatic heterocycles. The lowest BCUT2D eigenvalue weighted by Gasteiger charge is -2.34. The molecule has 0 radical (unpaired) electrons. The number of Topliss-reactive ketones (excluding diaryl/α,β-unsaturated/α-hetero) is 4. The van der Waals surface area contributed by atoms with Crippen LogP contribution in [0.2, 0.25) is 0 Å². The number of ether oxygens (including phenoxy) is 1. The van der Waals surface area contributed by atoms with Crippen LogP contribution in [0.1, 0.15) is 120 Å². The van der Waals surface area contributed by atoms with E-state index in [4.69, 9.17) is 4.74 Å². The molecule has 17 heteroatoms. The van der Waals surface area contributed by atoms with E-state index in [0.29, 0.717) is 12.0 Å². The lowest BCUT2D eigenvalue weighted by molar-refractivity contribution is -0.141. The Morgan fingerprint density at radius 2 is 1.49 bits per heavy atom. The van der Waals surface area contributed by atoms with E-state index in [1.54, 1.807) is 74.8 Å². The highest BCUT2D eigenvalue weighted by atomic mass is 16.6. The Hall–Kier alpha value is -6.65. The van der Waals surface area contributed by atoms with Gasteiger partial charge in [-0.05, 0) is 48.3 Å². The number of benzene rings is 2. The van der Waals surface area contributed by atoms with Crippen molar-refractivity contribution in [2.75, 3.05) is 27.2 Å². The van der Waals surface area contributed by atoms with Gasteiger partial charge in [-0.2, -0.15) is 0 Å². The van der Waals surface area contributed by atoms with Gasteiger partial charge in [0, 0.05) is 77.1 Å². The van der Waals surface area contributed by atoms with Crippen molar-refractivity contribution in [3.63, 3.8) is 0 Å². The molecule has 1 saturated carbocycles. The number of para-hydroxylation sites is 1. The van der Waals surface area contributed by atoms with E-state index in [1.807, 2.05) is 27.7 Å². The number of nitrogens with one attached hydrogen (secondary N) is 3. The van der Waals surface area contributed by atoms with Crippen LogP contribution in [0, 0.1) is 29.1 Å². The molecule has 2 aliphatic rings. The summed E-state index contributed by atoms with van der Waals surface area (Å²) in [6, 6.07) is 14.1. The van der Waals surface area contributed by atoms with Crippen molar-refractivity contribution in [3.05, 3.63) is 90.5 Å². The second-order valence-electron chi connectivity index (χ2n) is 19.4. The molecule has 5 rings (SSSR count). The van der Waals surface area contributed by atoms with Crippen molar-refractivity contribution in [1.29, 1.82) is 0 Å². The molecule has 2 heterocycles. The van der Waals surface area contributed by atoms with E-state index >= 15 is 0 Å². The zero-order valence-corrected chi connectivity index (χ0v) is 40.6. The first kappa shape index (κ1) is 53.3. The van der Waals surface area contributed by atoms with Gasteiger partial charge in [-0.3, -0.25) is 43.3 Å². The molecule has 3 aromatic rings. The summed E-state index contributed by atoms with van der Waals surface area (Å²) in [6.45, 7) is 6.99. The van der Waals surface area contributed by atoms with Gasteiger partial charge in [-0.25, -0.2) is 9.78 Å². The molecular formula is C52H67N7O10. The maximum Gasteiger partial charge on any atom is 0.415 e. The highest BCUT2D eigenvalue weighted by Gasteiger charge is 2.45. The number of carbonyl (C=O) groups excluding carboxylic acids is 9. The molecule has 5 amide bonds. The Balaban J connectivity index is 1.32. The Morgan fingerprint density at radius 3 is 2.10 bits per heavy atom. The summed E-state index contributed by atoms with van der Waals surface area (Å²) < 4.78 is 5.61. The molecule has 69 heavy (non-hydrogen) atoms. The Labute approximate surface area is 404 Å². The Bertz CT molecular complexity index is 2280. The van der Waals surface area contributed by atoms with Crippen molar-refractivity contribution < 1.29 is 47.9 Å². The van der Waals surface area contributed by atoms with Crippen LogP contribution in [0.4, 0.5) is 4.79 Å². The molecule has 0 spiro atoms. The fourth-order valence-electron chi connectivity index (χ4n) is 9.11. The van der Waals surface area contributed by atoms with Gasteiger partial charge in [0.25, 0.3) is 5.91 Å². The molecule has 1 unspecified atom stereocenters.